The largest absolute Gasteiger partial charge is 0.507 e. The molecule has 2 heterocycles. The van der Waals surface area contributed by atoms with E-state index in [4.69, 9.17) is 0 Å². The van der Waals surface area contributed by atoms with Crippen LogP contribution in [-0.2, 0) is 0 Å². The molecule has 0 bridgehead atoms. The maximum Gasteiger partial charge on any atom is 0.157 e. The fourth-order valence-corrected chi connectivity index (χ4v) is 2.41. The van der Waals surface area contributed by atoms with Crippen LogP contribution in [0, 0.1) is 20.8 Å². The van der Waals surface area contributed by atoms with Crippen molar-refractivity contribution in [1.29, 1.82) is 0 Å². The van der Waals surface area contributed by atoms with Gasteiger partial charge in [-0.25, -0.2) is 9.97 Å². The van der Waals surface area contributed by atoms with Crippen molar-refractivity contribution in [3.05, 3.63) is 41.3 Å². The van der Waals surface area contributed by atoms with Gasteiger partial charge in [-0.1, -0.05) is 6.07 Å². The summed E-state index contributed by atoms with van der Waals surface area (Å²) in [7, 11) is 0. The third-order valence-corrected chi connectivity index (χ3v) is 3.24. The Morgan fingerprint density at radius 1 is 1.11 bits per heavy atom. The number of nitrogens with one attached hydrogen (secondary N) is 1. The molecule has 19 heavy (non-hydrogen) atoms. The zero-order chi connectivity index (χ0) is 13.6. The number of aromatic nitrogens is 3. The monoisotopic (exact) mass is 253 g/mol. The predicted molar refractivity (Wildman–Crippen MR) is 75.2 cm³/mol. The second kappa shape index (κ2) is 4.09. The van der Waals surface area contributed by atoms with Crippen molar-refractivity contribution in [1.82, 2.24) is 15.0 Å². The van der Waals surface area contributed by atoms with E-state index in [0.29, 0.717) is 5.75 Å². The van der Waals surface area contributed by atoms with Crippen LogP contribution >= 0.6 is 0 Å². The lowest BCUT2D eigenvalue weighted by Gasteiger charge is -2.09. The number of benzene rings is 1. The molecule has 2 aromatic heterocycles. The quantitative estimate of drug-likeness (QED) is 0.699. The molecule has 0 aliphatic carbocycles. The number of phenols is 1. The van der Waals surface area contributed by atoms with Gasteiger partial charge in [-0.05, 0) is 44.0 Å². The summed E-state index contributed by atoms with van der Waals surface area (Å²) in [6.07, 6.45) is 1.73. The second-order valence-corrected chi connectivity index (χ2v) is 4.86. The third-order valence-electron chi connectivity index (χ3n) is 3.24. The Bertz CT molecular complexity index is 774. The maximum absolute atomic E-state index is 10.3. The SMILES string of the molecule is Cc1cc(C)c(O)c(-c2ccnc3[nH]c(C)nc23)c1. The van der Waals surface area contributed by atoms with Crippen molar-refractivity contribution >= 4 is 11.2 Å². The first kappa shape index (κ1) is 11.7. The smallest absolute Gasteiger partial charge is 0.157 e. The topological polar surface area (TPSA) is 61.8 Å². The van der Waals surface area contributed by atoms with Crippen molar-refractivity contribution in [2.75, 3.05) is 0 Å². The van der Waals surface area contributed by atoms with Gasteiger partial charge in [0, 0.05) is 17.3 Å². The number of imidazole rings is 1. The van der Waals surface area contributed by atoms with Gasteiger partial charge in [-0.2, -0.15) is 0 Å². The molecule has 3 rings (SSSR count). The maximum atomic E-state index is 10.3. The van der Waals surface area contributed by atoms with Gasteiger partial charge in [0.05, 0.1) is 0 Å². The first-order chi connectivity index (χ1) is 9.06. The molecule has 4 heteroatoms. The highest BCUT2D eigenvalue weighted by atomic mass is 16.3. The Morgan fingerprint density at radius 2 is 1.89 bits per heavy atom. The summed E-state index contributed by atoms with van der Waals surface area (Å²) in [6, 6.07) is 5.82. The van der Waals surface area contributed by atoms with E-state index in [1.165, 1.54) is 0 Å². The number of nitrogens with zero attached hydrogens (tertiary/aromatic N) is 2. The van der Waals surface area contributed by atoms with Gasteiger partial charge in [-0.3, -0.25) is 0 Å². The lowest BCUT2D eigenvalue weighted by atomic mass is 9.99. The molecule has 0 aliphatic heterocycles. The normalized spacial score (nSPS) is 11.1. The molecule has 0 amide bonds. The molecule has 2 N–H and O–H groups in total. The number of aromatic hydroxyl groups is 1. The van der Waals surface area contributed by atoms with E-state index in [1.807, 2.05) is 39.0 Å². The lowest BCUT2D eigenvalue weighted by Crippen LogP contribution is -1.88. The Kier molecular flexibility index (Phi) is 2.52. The number of aryl methyl sites for hydroxylation is 3. The molecule has 0 unspecified atom stereocenters. The van der Waals surface area contributed by atoms with E-state index in [-0.39, 0.29) is 0 Å². The van der Waals surface area contributed by atoms with Crippen LogP contribution in [0.1, 0.15) is 17.0 Å². The summed E-state index contributed by atoms with van der Waals surface area (Å²) in [4.78, 5) is 11.8. The summed E-state index contributed by atoms with van der Waals surface area (Å²) in [5.74, 6) is 1.12. The number of hydrogen-bond donors (Lipinski definition) is 2. The van der Waals surface area contributed by atoms with Gasteiger partial charge >= 0.3 is 0 Å². The number of hydrogen-bond acceptors (Lipinski definition) is 3. The molecule has 0 aliphatic rings. The summed E-state index contributed by atoms with van der Waals surface area (Å²) in [5, 5.41) is 10.3. The summed E-state index contributed by atoms with van der Waals surface area (Å²) < 4.78 is 0. The number of fused-ring (bicyclic) bond motifs is 1. The molecular weight excluding hydrogens is 238 g/mol. The van der Waals surface area contributed by atoms with Gasteiger partial charge in [-0.15, -0.1) is 0 Å². The fourth-order valence-electron chi connectivity index (χ4n) is 2.41. The molecule has 96 valence electrons. The van der Waals surface area contributed by atoms with Crippen LogP contribution in [0.15, 0.2) is 24.4 Å². The molecule has 3 aromatic rings. The van der Waals surface area contributed by atoms with E-state index >= 15 is 0 Å². The Hall–Kier alpha value is -2.36. The second-order valence-electron chi connectivity index (χ2n) is 4.86. The van der Waals surface area contributed by atoms with Gasteiger partial charge in [0.15, 0.2) is 5.65 Å². The fraction of sp³-hybridized carbons (Fsp3) is 0.200. The highest BCUT2D eigenvalue weighted by Gasteiger charge is 2.13. The van der Waals surface area contributed by atoms with Crippen LogP contribution in [0.25, 0.3) is 22.3 Å². The van der Waals surface area contributed by atoms with Crippen LogP contribution in [0.4, 0.5) is 0 Å². The number of pyridine rings is 1. The van der Waals surface area contributed by atoms with Crippen molar-refractivity contribution < 1.29 is 5.11 Å². The van der Waals surface area contributed by atoms with Crippen LogP contribution < -0.4 is 0 Å². The number of H-pyrrole nitrogens is 1. The Balaban J connectivity index is 2.36. The Labute approximate surface area is 111 Å². The third kappa shape index (κ3) is 1.85. The van der Waals surface area contributed by atoms with E-state index in [2.05, 4.69) is 15.0 Å². The Morgan fingerprint density at radius 3 is 2.68 bits per heavy atom. The lowest BCUT2D eigenvalue weighted by molar-refractivity contribution is 0.473. The van der Waals surface area contributed by atoms with Crippen molar-refractivity contribution in [2.45, 2.75) is 20.8 Å². The average Bonchev–Trinajstić information content (AvgIpc) is 2.73. The van der Waals surface area contributed by atoms with Crippen molar-refractivity contribution in [3.8, 4) is 16.9 Å². The van der Waals surface area contributed by atoms with Gasteiger partial charge < -0.3 is 10.1 Å². The first-order valence-electron chi connectivity index (χ1n) is 6.18. The van der Waals surface area contributed by atoms with E-state index in [0.717, 1.165) is 39.2 Å². The number of phenolic OH excluding ortho intramolecular Hbond substituents is 1. The van der Waals surface area contributed by atoms with Crippen molar-refractivity contribution in [2.24, 2.45) is 0 Å². The first-order valence-corrected chi connectivity index (χ1v) is 6.18. The van der Waals surface area contributed by atoms with E-state index < -0.39 is 0 Å². The molecular formula is C15H15N3O. The molecule has 0 radical (unpaired) electrons. The van der Waals surface area contributed by atoms with E-state index in [9.17, 15) is 5.11 Å². The average molecular weight is 253 g/mol. The highest BCUT2D eigenvalue weighted by molar-refractivity contribution is 5.92. The molecule has 0 spiro atoms. The van der Waals surface area contributed by atoms with E-state index in [1.54, 1.807) is 6.20 Å². The van der Waals surface area contributed by atoms with Crippen LogP contribution in [0.2, 0.25) is 0 Å². The molecule has 4 nitrogen and oxygen atoms in total. The minimum atomic E-state index is 0.304. The minimum Gasteiger partial charge on any atom is -0.507 e. The summed E-state index contributed by atoms with van der Waals surface area (Å²) in [6.45, 7) is 5.82. The van der Waals surface area contributed by atoms with Gasteiger partial charge in [0.25, 0.3) is 0 Å². The molecule has 0 fully saturated rings. The van der Waals surface area contributed by atoms with Gasteiger partial charge in [0.2, 0.25) is 0 Å². The molecule has 1 aromatic carbocycles. The highest BCUT2D eigenvalue weighted by Crippen LogP contribution is 2.35. The zero-order valence-electron chi connectivity index (χ0n) is 11.2. The van der Waals surface area contributed by atoms with Crippen LogP contribution in [-0.4, -0.2) is 20.1 Å². The summed E-state index contributed by atoms with van der Waals surface area (Å²) >= 11 is 0. The minimum absolute atomic E-state index is 0.304. The van der Waals surface area contributed by atoms with Crippen molar-refractivity contribution in [3.63, 3.8) is 0 Å². The summed E-state index contributed by atoms with van der Waals surface area (Å²) in [5.41, 5.74) is 5.22. The van der Waals surface area contributed by atoms with Gasteiger partial charge in [0.1, 0.15) is 17.1 Å². The standard InChI is InChI=1S/C15H15N3O/c1-8-6-9(2)14(19)12(7-8)11-4-5-16-15-13(11)17-10(3)18-15/h4-7,19H,1-3H3,(H,16,17,18). The van der Waals surface area contributed by atoms with Crippen LogP contribution in [0.3, 0.4) is 0 Å². The number of rotatable bonds is 1. The molecule has 0 saturated carbocycles. The zero-order valence-corrected chi connectivity index (χ0v) is 11.2. The predicted octanol–water partition coefficient (Wildman–Crippen LogP) is 3.26. The molecule has 0 saturated heterocycles. The molecule has 0 atom stereocenters. The van der Waals surface area contributed by atoms with Crippen LogP contribution in [0.5, 0.6) is 5.75 Å². The number of aromatic amines is 1.